The normalized spacial score (nSPS) is 12.0. The fourth-order valence-electron chi connectivity index (χ4n) is 1.65. The van der Waals surface area contributed by atoms with Crippen LogP contribution < -0.4 is 0 Å². The summed E-state index contributed by atoms with van der Waals surface area (Å²) in [4.78, 5) is 0. The smallest absolute Gasteiger partial charge is 0.508 e. The zero-order valence-corrected chi connectivity index (χ0v) is 20.7. The second-order valence-electron chi connectivity index (χ2n) is 5.20. The average molecular weight is 547 g/mol. The predicted molar refractivity (Wildman–Crippen MR) is 119 cm³/mol. The Balaban J connectivity index is 0.000000369. The van der Waals surface area contributed by atoms with Gasteiger partial charge in [-0.3, -0.25) is 12.2 Å². The van der Waals surface area contributed by atoms with E-state index in [0.717, 1.165) is 12.8 Å². The van der Waals surface area contributed by atoms with Crippen LogP contribution in [0.3, 0.4) is 0 Å². The molecule has 0 aromatic heterocycles. The molecule has 0 saturated carbocycles. The Labute approximate surface area is 210 Å². The van der Waals surface area contributed by atoms with Crippen LogP contribution in [0.5, 0.6) is 11.5 Å². The summed E-state index contributed by atoms with van der Waals surface area (Å²) >= 11 is 22.1. The van der Waals surface area contributed by atoms with Crippen molar-refractivity contribution in [2.24, 2.45) is 0 Å². The Morgan fingerprint density at radius 1 is 0.621 bits per heavy atom. The maximum Gasteiger partial charge on any atom is 2.00 e. The molecular formula is C22H18Cl4O2Zr. The van der Waals surface area contributed by atoms with Gasteiger partial charge in [-0.05, 0) is 36.4 Å². The zero-order valence-electron chi connectivity index (χ0n) is 15.2. The molecule has 0 radical (unpaired) electrons. The first kappa shape index (κ1) is 28.0. The first-order valence-electron chi connectivity index (χ1n) is 8.11. The molecule has 29 heavy (non-hydrogen) atoms. The molecule has 0 atom stereocenters. The van der Waals surface area contributed by atoms with Gasteiger partial charge in [0.1, 0.15) is 11.5 Å². The molecule has 2 N–H and O–H groups in total. The first-order chi connectivity index (χ1) is 13.4. The van der Waals surface area contributed by atoms with Gasteiger partial charge in [-0.1, -0.05) is 46.4 Å². The van der Waals surface area contributed by atoms with E-state index in [4.69, 9.17) is 56.6 Å². The van der Waals surface area contributed by atoms with E-state index in [-0.39, 0.29) is 37.7 Å². The number of aromatic hydroxyl groups is 2. The molecule has 0 saturated heterocycles. The van der Waals surface area contributed by atoms with Crippen LogP contribution in [-0.2, 0) is 26.2 Å². The van der Waals surface area contributed by atoms with Gasteiger partial charge in [-0.2, -0.15) is 12.2 Å². The van der Waals surface area contributed by atoms with E-state index < -0.39 is 0 Å². The molecule has 2 nitrogen and oxygen atoms in total. The third-order valence-corrected chi connectivity index (χ3v) is 4.46. The maximum atomic E-state index is 8.79. The zero-order chi connectivity index (χ0) is 20.8. The van der Waals surface area contributed by atoms with Crippen LogP contribution in [0.25, 0.3) is 0 Å². The van der Waals surface area contributed by atoms with Crippen molar-refractivity contribution in [3.63, 3.8) is 0 Å². The summed E-state index contributed by atoms with van der Waals surface area (Å²) in [5.74, 6) is 0.258. The molecule has 4 rings (SSSR count). The average Bonchev–Trinajstić information content (AvgIpc) is 3.41. The number of hydrogen-bond acceptors (Lipinski definition) is 2. The number of hydrogen-bond donors (Lipinski definition) is 2. The van der Waals surface area contributed by atoms with Gasteiger partial charge in [0.2, 0.25) is 0 Å². The SMILES string of the molecule is Oc1ccc(Cl)c(Cl)c1.Oc1ccc(Cl)c(Cl)c1.[C-]1=CC=CC1.[C-]1=CC=CC1.[Zr+2]. The Morgan fingerprint density at radius 3 is 1.17 bits per heavy atom. The van der Waals surface area contributed by atoms with Crippen LogP contribution in [0, 0.1) is 12.2 Å². The molecule has 7 heteroatoms. The van der Waals surface area contributed by atoms with Crippen LogP contribution >= 0.6 is 46.4 Å². The van der Waals surface area contributed by atoms with E-state index in [1.54, 1.807) is 12.1 Å². The number of phenols is 2. The van der Waals surface area contributed by atoms with Crippen LogP contribution in [0.2, 0.25) is 20.1 Å². The third kappa shape index (κ3) is 13.8. The minimum absolute atomic E-state index is 0. The summed E-state index contributed by atoms with van der Waals surface area (Å²) in [5, 5.41) is 19.2. The second-order valence-corrected chi connectivity index (χ2v) is 6.83. The summed E-state index contributed by atoms with van der Waals surface area (Å²) in [6.07, 6.45) is 20.0. The number of phenolic OH excluding ortho intramolecular Hbond substituents is 2. The van der Waals surface area contributed by atoms with Gasteiger partial charge in [0.25, 0.3) is 0 Å². The Hall–Kier alpha value is -0.957. The Kier molecular flexibility index (Phi) is 16.2. The Bertz CT molecular complexity index is 770. The fraction of sp³-hybridized carbons (Fsp3) is 0.0909. The summed E-state index contributed by atoms with van der Waals surface area (Å²) in [5.41, 5.74) is 0. The molecule has 0 bridgehead atoms. The van der Waals surface area contributed by atoms with Gasteiger partial charge in [-0.25, -0.2) is 24.3 Å². The van der Waals surface area contributed by atoms with Crippen molar-refractivity contribution in [2.45, 2.75) is 12.8 Å². The summed E-state index contributed by atoms with van der Waals surface area (Å²) in [6.45, 7) is 0. The van der Waals surface area contributed by atoms with Crippen LogP contribution in [-0.4, -0.2) is 10.2 Å². The molecule has 0 heterocycles. The molecule has 2 aromatic rings. The second kappa shape index (κ2) is 16.8. The number of rotatable bonds is 0. The molecule has 2 aliphatic carbocycles. The van der Waals surface area contributed by atoms with Gasteiger partial charge in [0, 0.05) is 0 Å². The van der Waals surface area contributed by atoms with Gasteiger partial charge < -0.3 is 10.2 Å². The van der Waals surface area contributed by atoms with Gasteiger partial charge in [0.05, 0.1) is 20.1 Å². The monoisotopic (exact) mass is 544 g/mol. The maximum absolute atomic E-state index is 8.79. The third-order valence-electron chi connectivity index (χ3n) is 2.98. The predicted octanol–water partition coefficient (Wildman–Crippen LogP) is 8.01. The van der Waals surface area contributed by atoms with E-state index in [9.17, 15) is 0 Å². The molecule has 0 spiro atoms. The molecular weight excluding hydrogens is 529 g/mol. The van der Waals surface area contributed by atoms with E-state index in [2.05, 4.69) is 24.3 Å². The quantitative estimate of drug-likeness (QED) is 0.328. The molecule has 0 amide bonds. The summed E-state index contributed by atoms with van der Waals surface area (Å²) in [7, 11) is 0. The van der Waals surface area contributed by atoms with Crippen molar-refractivity contribution in [3.05, 3.63) is 105 Å². The minimum atomic E-state index is 0. The number of halogens is 4. The van der Waals surface area contributed by atoms with Gasteiger partial charge in [0.15, 0.2) is 0 Å². The van der Waals surface area contributed by atoms with Crippen molar-refractivity contribution >= 4 is 46.4 Å². The van der Waals surface area contributed by atoms with Crippen molar-refractivity contribution in [1.82, 2.24) is 0 Å². The van der Waals surface area contributed by atoms with E-state index in [1.165, 1.54) is 24.3 Å². The number of allylic oxidation sites excluding steroid dienone is 8. The van der Waals surface area contributed by atoms with Crippen molar-refractivity contribution in [3.8, 4) is 11.5 Å². The van der Waals surface area contributed by atoms with E-state index in [1.807, 2.05) is 24.3 Å². The topological polar surface area (TPSA) is 40.5 Å². The van der Waals surface area contributed by atoms with Crippen molar-refractivity contribution in [1.29, 1.82) is 0 Å². The van der Waals surface area contributed by atoms with Crippen LogP contribution in [0.1, 0.15) is 12.8 Å². The number of benzene rings is 2. The van der Waals surface area contributed by atoms with Crippen molar-refractivity contribution < 1.29 is 36.4 Å². The van der Waals surface area contributed by atoms with Crippen LogP contribution in [0.15, 0.2) is 72.9 Å². The first-order valence-corrected chi connectivity index (χ1v) is 9.63. The van der Waals surface area contributed by atoms with Crippen LogP contribution in [0.4, 0.5) is 0 Å². The fourth-order valence-corrected chi connectivity index (χ4v) is 2.24. The molecule has 150 valence electrons. The largest absolute Gasteiger partial charge is 2.00 e. The van der Waals surface area contributed by atoms with Crippen molar-refractivity contribution in [2.75, 3.05) is 0 Å². The molecule has 0 unspecified atom stereocenters. The summed E-state index contributed by atoms with van der Waals surface area (Å²) in [6, 6.07) is 8.83. The molecule has 2 aliphatic rings. The molecule has 0 fully saturated rings. The standard InChI is InChI=1S/2C6H4Cl2O.2C5H5.Zr/c2*7-5-2-1-4(9)3-6(5)8;2*1-2-4-5-3-1;/h2*1-3,9H;2*1-3H,4H2;/q;;2*-1;+2. The van der Waals surface area contributed by atoms with Gasteiger partial charge in [-0.15, -0.1) is 12.8 Å². The summed E-state index contributed by atoms with van der Waals surface area (Å²) < 4.78 is 0. The Morgan fingerprint density at radius 2 is 1.00 bits per heavy atom. The van der Waals surface area contributed by atoms with E-state index >= 15 is 0 Å². The van der Waals surface area contributed by atoms with Gasteiger partial charge >= 0.3 is 26.2 Å². The minimum Gasteiger partial charge on any atom is -0.508 e. The van der Waals surface area contributed by atoms with E-state index in [0.29, 0.717) is 20.1 Å². The molecule has 2 aromatic carbocycles. The molecule has 0 aliphatic heterocycles.